The molecule has 1 unspecified atom stereocenters. The Bertz CT molecular complexity index is 859. The molecule has 3 rings (SSSR count). The fourth-order valence-corrected chi connectivity index (χ4v) is 2.77. The molecule has 0 radical (unpaired) electrons. The summed E-state index contributed by atoms with van der Waals surface area (Å²) in [5.74, 6) is -0.721. The molecule has 3 aromatic carbocycles. The molecule has 0 saturated heterocycles. The Kier molecular flexibility index (Phi) is 4.00. The van der Waals surface area contributed by atoms with E-state index in [0.717, 1.165) is 16.3 Å². The molecule has 0 amide bonds. The number of carbonyl (C=O) groups is 1. The molecule has 1 atom stereocenters. The smallest absolute Gasteiger partial charge is 0.341 e. The van der Waals surface area contributed by atoms with Gasteiger partial charge < -0.3 is 15.6 Å². The van der Waals surface area contributed by atoms with Crippen LogP contribution >= 0.6 is 0 Å². The average molecular weight is 307 g/mol. The highest BCUT2D eigenvalue weighted by Crippen LogP contribution is 2.37. The quantitative estimate of drug-likeness (QED) is 0.728. The standard InChI is InChI=1S/C19H17NO3/c1-23-19(22)15-11-13-9-5-6-10-14(13)16(18(15)21)17(20)12-7-3-2-4-8-12/h2-11,17,21H,20H2,1H3. The van der Waals surface area contributed by atoms with Gasteiger partial charge in [-0.2, -0.15) is 0 Å². The van der Waals surface area contributed by atoms with Crippen LogP contribution in [0.1, 0.15) is 27.5 Å². The van der Waals surface area contributed by atoms with E-state index in [9.17, 15) is 9.90 Å². The molecule has 4 heteroatoms. The molecule has 0 bridgehead atoms. The average Bonchev–Trinajstić information content (AvgIpc) is 2.60. The summed E-state index contributed by atoms with van der Waals surface area (Å²) in [6.45, 7) is 0. The topological polar surface area (TPSA) is 72.5 Å². The molecule has 0 fully saturated rings. The van der Waals surface area contributed by atoms with E-state index in [-0.39, 0.29) is 11.3 Å². The lowest BCUT2D eigenvalue weighted by Gasteiger charge is -2.19. The second kappa shape index (κ2) is 6.10. The Labute approximate surface area is 134 Å². The molecule has 3 aromatic rings. The number of fused-ring (bicyclic) bond motifs is 1. The van der Waals surface area contributed by atoms with E-state index in [2.05, 4.69) is 0 Å². The summed E-state index contributed by atoms with van der Waals surface area (Å²) < 4.78 is 4.77. The number of nitrogens with two attached hydrogens (primary N) is 1. The van der Waals surface area contributed by atoms with E-state index < -0.39 is 12.0 Å². The highest BCUT2D eigenvalue weighted by Gasteiger charge is 2.23. The van der Waals surface area contributed by atoms with Gasteiger partial charge in [-0.1, -0.05) is 54.6 Å². The third-order valence-corrected chi connectivity index (χ3v) is 3.94. The Hall–Kier alpha value is -2.85. The van der Waals surface area contributed by atoms with E-state index >= 15 is 0 Å². The SMILES string of the molecule is COC(=O)c1cc2ccccc2c(C(N)c2ccccc2)c1O. The van der Waals surface area contributed by atoms with Crippen molar-refractivity contribution in [3.8, 4) is 5.75 Å². The summed E-state index contributed by atoms with van der Waals surface area (Å²) in [6, 6.07) is 18.0. The third kappa shape index (κ3) is 2.64. The minimum Gasteiger partial charge on any atom is -0.507 e. The highest BCUT2D eigenvalue weighted by molar-refractivity contribution is 6.00. The number of benzene rings is 3. The van der Waals surface area contributed by atoms with Crippen molar-refractivity contribution in [3.63, 3.8) is 0 Å². The monoisotopic (exact) mass is 307 g/mol. The molecule has 23 heavy (non-hydrogen) atoms. The van der Waals surface area contributed by atoms with Gasteiger partial charge in [0.1, 0.15) is 11.3 Å². The van der Waals surface area contributed by atoms with Crippen LogP contribution in [0.25, 0.3) is 10.8 Å². The van der Waals surface area contributed by atoms with E-state index in [1.807, 2.05) is 54.6 Å². The van der Waals surface area contributed by atoms with E-state index in [1.165, 1.54) is 7.11 Å². The molecule has 3 N–H and O–H groups in total. The van der Waals surface area contributed by atoms with Crippen LogP contribution in [0.4, 0.5) is 0 Å². The second-order valence-corrected chi connectivity index (χ2v) is 5.29. The Balaban J connectivity index is 2.29. The lowest BCUT2D eigenvalue weighted by molar-refractivity contribution is 0.0597. The number of carbonyl (C=O) groups excluding carboxylic acids is 1. The van der Waals surface area contributed by atoms with Crippen molar-refractivity contribution in [1.82, 2.24) is 0 Å². The van der Waals surface area contributed by atoms with E-state index in [4.69, 9.17) is 10.5 Å². The van der Waals surface area contributed by atoms with Gasteiger partial charge in [-0.25, -0.2) is 4.79 Å². The number of ether oxygens (including phenoxy) is 1. The van der Waals surface area contributed by atoms with Gasteiger partial charge in [0.05, 0.1) is 13.2 Å². The number of phenols is 1. The first-order chi connectivity index (χ1) is 11.1. The number of methoxy groups -OCH3 is 1. The minimum absolute atomic E-state index is 0.118. The summed E-state index contributed by atoms with van der Waals surface area (Å²) in [5, 5.41) is 12.3. The van der Waals surface area contributed by atoms with E-state index in [1.54, 1.807) is 6.07 Å². The molecule has 0 saturated carbocycles. The van der Waals surface area contributed by atoms with Crippen LogP contribution in [0.5, 0.6) is 5.75 Å². The van der Waals surface area contributed by atoms with Gasteiger partial charge in [0.15, 0.2) is 0 Å². The van der Waals surface area contributed by atoms with Crippen molar-refractivity contribution in [3.05, 3.63) is 77.4 Å². The predicted molar refractivity (Wildman–Crippen MR) is 89.4 cm³/mol. The zero-order valence-corrected chi connectivity index (χ0v) is 12.7. The summed E-state index contributed by atoms with van der Waals surface area (Å²) in [7, 11) is 1.29. The van der Waals surface area contributed by atoms with Gasteiger partial charge in [-0.15, -0.1) is 0 Å². The van der Waals surface area contributed by atoms with Crippen LogP contribution in [-0.2, 0) is 4.74 Å². The summed E-state index contributed by atoms with van der Waals surface area (Å²) in [6.07, 6.45) is 0. The maximum absolute atomic E-state index is 12.0. The van der Waals surface area contributed by atoms with Crippen LogP contribution in [0.2, 0.25) is 0 Å². The zero-order valence-electron chi connectivity index (χ0n) is 12.7. The lowest BCUT2D eigenvalue weighted by atomic mass is 9.91. The molecule has 0 spiro atoms. The normalized spacial score (nSPS) is 12.1. The number of hydrogen-bond acceptors (Lipinski definition) is 4. The maximum atomic E-state index is 12.0. The van der Waals surface area contributed by atoms with Gasteiger partial charge in [-0.3, -0.25) is 0 Å². The zero-order chi connectivity index (χ0) is 16.4. The van der Waals surface area contributed by atoms with Gasteiger partial charge >= 0.3 is 5.97 Å². The van der Waals surface area contributed by atoms with Gasteiger partial charge in [0.2, 0.25) is 0 Å². The van der Waals surface area contributed by atoms with Crippen LogP contribution in [-0.4, -0.2) is 18.2 Å². The molecular formula is C19H17NO3. The largest absolute Gasteiger partial charge is 0.507 e. The van der Waals surface area contributed by atoms with Crippen molar-refractivity contribution in [2.24, 2.45) is 5.73 Å². The first-order valence-electron chi connectivity index (χ1n) is 7.27. The number of phenolic OH excluding ortho intramolecular Hbond substituents is 1. The van der Waals surface area contributed by atoms with Crippen molar-refractivity contribution in [1.29, 1.82) is 0 Å². The van der Waals surface area contributed by atoms with Crippen LogP contribution in [0.3, 0.4) is 0 Å². The summed E-state index contributed by atoms with van der Waals surface area (Å²) in [4.78, 5) is 12.0. The molecule has 0 aliphatic heterocycles. The molecular weight excluding hydrogens is 290 g/mol. The van der Waals surface area contributed by atoms with Gasteiger partial charge in [0.25, 0.3) is 0 Å². The van der Waals surface area contributed by atoms with Crippen LogP contribution in [0.15, 0.2) is 60.7 Å². The number of hydrogen-bond donors (Lipinski definition) is 2. The van der Waals surface area contributed by atoms with E-state index in [0.29, 0.717) is 5.56 Å². The second-order valence-electron chi connectivity index (χ2n) is 5.29. The Morgan fingerprint density at radius 2 is 1.74 bits per heavy atom. The fraction of sp³-hybridized carbons (Fsp3) is 0.105. The Morgan fingerprint density at radius 1 is 1.09 bits per heavy atom. The van der Waals surface area contributed by atoms with Crippen molar-refractivity contribution in [2.75, 3.05) is 7.11 Å². The predicted octanol–water partition coefficient (Wildman–Crippen LogP) is 3.38. The fourth-order valence-electron chi connectivity index (χ4n) is 2.77. The molecule has 0 aliphatic carbocycles. The molecule has 4 nitrogen and oxygen atoms in total. The van der Waals surface area contributed by atoms with Gasteiger partial charge in [-0.05, 0) is 22.4 Å². The molecule has 116 valence electrons. The van der Waals surface area contributed by atoms with Crippen molar-refractivity contribution in [2.45, 2.75) is 6.04 Å². The Morgan fingerprint density at radius 3 is 2.43 bits per heavy atom. The maximum Gasteiger partial charge on any atom is 0.341 e. The summed E-state index contributed by atoms with van der Waals surface area (Å²) in [5.41, 5.74) is 7.88. The number of esters is 1. The third-order valence-electron chi connectivity index (χ3n) is 3.94. The molecule has 0 heterocycles. The summed E-state index contributed by atoms with van der Waals surface area (Å²) >= 11 is 0. The van der Waals surface area contributed by atoms with Crippen molar-refractivity contribution >= 4 is 16.7 Å². The van der Waals surface area contributed by atoms with Crippen LogP contribution < -0.4 is 5.73 Å². The highest BCUT2D eigenvalue weighted by atomic mass is 16.5. The number of aromatic hydroxyl groups is 1. The lowest BCUT2D eigenvalue weighted by Crippen LogP contribution is -2.14. The first-order valence-corrected chi connectivity index (χ1v) is 7.27. The van der Waals surface area contributed by atoms with Gasteiger partial charge in [0, 0.05) is 5.56 Å². The molecule has 0 aromatic heterocycles. The van der Waals surface area contributed by atoms with Crippen molar-refractivity contribution < 1.29 is 14.6 Å². The minimum atomic E-state index is -0.588. The van der Waals surface area contributed by atoms with Crippen LogP contribution in [0, 0.1) is 0 Å². The first kappa shape index (κ1) is 15.1. The number of rotatable bonds is 3. The molecule has 0 aliphatic rings.